The molecule has 0 bridgehead atoms. The summed E-state index contributed by atoms with van der Waals surface area (Å²) >= 11 is 7.43. The molecule has 5 rings (SSSR count). The number of methoxy groups -OCH3 is 1. The van der Waals surface area contributed by atoms with E-state index in [4.69, 9.17) is 16.3 Å². The number of nitrogens with zero attached hydrogens (tertiary/aromatic N) is 3. The van der Waals surface area contributed by atoms with Crippen LogP contribution in [0.15, 0.2) is 96.2 Å². The molecule has 0 unspecified atom stereocenters. The Kier molecular flexibility index (Phi) is 6.70. The first-order valence-corrected chi connectivity index (χ1v) is 12.2. The van der Waals surface area contributed by atoms with Crippen LogP contribution in [0.4, 0.5) is 5.69 Å². The van der Waals surface area contributed by atoms with Gasteiger partial charge < -0.3 is 10.1 Å². The molecule has 35 heavy (non-hydrogen) atoms. The Morgan fingerprint density at radius 1 is 0.943 bits per heavy atom. The number of rotatable bonds is 7. The highest BCUT2D eigenvalue weighted by molar-refractivity contribution is 7.99. The standard InChI is InChI=1S/C27H21ClN4O2S/c1-34-22-15-9-19(10-16-22)26-30-31-27(32(26)21-13-11-20(28)12-14-21)35-17-25(33)29-24-8-4-6-18-5-2-3-7-23(18)24/h2-16H,17H2,1H3,(H,29,33). The van der Waals surface area contributed by atoms with Gasteiger partial charge in [0.2, 0.25) is 5.91 Å². The molecule has 0 spiro atoms. The Morgan fingerprint density at radius 3 is 2.46 bits per heavy atom. The van der Waals surface area contributed by atoms with E-state index < -0.39 is 0 Å². The summed E-state index contributed by atoms with van der Waals surface area (Å²) in [4.78, 5) is 12.8. The molecule has 1 amide bonds. The summed E-state index contributed by atoms with van der Waals surface area (Å²) in [5, 5.41) is 15.2. The molecule has 0 fully saturated rings. The van der Waals surface area contributed by atoms with E-state index in [0.717, 1.165) is 33.5 Å². The van der Waals surface area contributed by atoms with Gasteiger partial charge in [-0.25, -0.2) is 0 Å². The lowest BCUT2D eigenvalue weighted by atomic mass is 10.1. The molecular formula is C27H21ClN4O2S. The third-order valence-corrected chi connectivity index (χ3v) is 6.64. The second-order valence-corrected chi connectivity index (χ2v) is 9.09. The Balaban J connectivity index is 1.41. The largest absolute Gasteiger partial charge is 0.497 e. The second-order valence-electron chi connectivity index (χ2n) is 7.71. The number of nitrogens with one attached hydrogen (secondary N) is 1. The maximum absolute atomic E-state index is 12.8. The number of thioether (sulfide) groups is 1. The quantitative estimate of drug-likeness (QED) is 0.259. The van der Waals surface area contributed by atoms with Crippen molar-refractivity contribution in [3.63, 3.8) is 0 Å². The van der Waals surface area contributed by atoms with Gasteiger partial charge in [-0.1, -0.05) is 59.8 Å². The van der Waals surface area contributed by atoms with E-state index in [0.29, 0.717) is 16.0 Å². The van der Waals surface area contributed by atoms with Gasteiger partial charge in [-0.2, -0.15) is 0 Å². The van der Waals surface area contributed by atoms with Gasteiger partial charge in [-0.3, -0.25) is 9.36 Å². The maximum Gasteiger partial charge on any atom is 0.234 e. The number of fused-ring (bicyclic) bond motifs is 1. The Morgan fingerprint density at radius 2 is 1.69 bits per heavy atom. The van der Waals surface area contributed by atoms with E-state index in [-0.39, 0.29) is 11.7 Å². The van der Waals surface area contributed by atoms with Crippen molar-refractivity contribution in [2.24, 2.45) is 0 Å². The fourth-order valence-corrected chi connectivity index (χ4v) is 4.64. The summed E-state index contributed by atoms with van der Waals surface area (Å²) in [5.74, 6) is 1.47. The lowest BCUT2D eigenvalue weighted by molar-refractivity contribution is -0.113. The van der Waals surface area contributed by atoms with Crippen LogP contribution >= 0.6 is 23.4 Å². The van der Waals surface area contributed by atoms with Crippen LogP contribution in [0.3, 0.4) is 0 Å². The molecule has 6 nitrogen and oxygen atoms in total. The zero-order valence-corrected chi connectivity index (χ0v) is 20.4. The van der Waals surface area contributed by atoms with Crippen LogP contribution in [0.2, 0.25) is 5.02 Å². The van der Waals surface area contributed by atoms with Gasteiger partial charge in [-0.15, -0.1) is 10.2 Å². The molecule has 0 atom stereocenters. The molecule has 0 aliphatic heterocycles. The number of anilines is 1. The minimum atomic E-state index is -0.122. The summed E-state index contributed by atoms with van der Waals surface area (Å²) in [6.45, 7) is 0. The first kappa shape index (κ1) is 23.0. The minimum Gasteiger partial charge on any atom is -0.497 e. The van der Waals surface area contributed by atoms with Crippen LogP contribution in [-0.4, -0.2) is 33.5 Å². The maximum atomic E-state index is 12.8. The van der Waals surface area contributed by atoms with E-state index in [9.17, 15) is 4.79 Å². The van der Waals surface area contributed by atoms with Gasteiger partial charge in [0.25, 0.3) is 0 Å². The van der Waals surface area contributed by atoms with Crippen molar-refractivity contribution >= 4 is 45.7 Å². The van der Waals surface area contributed by atoms with Crippen LogP contribution in [-0.2, 0) is 4.79 Å². The summed E-state index contributed by atoms with van der Waals surface area (Å²) in [6.07, 6.45) is 0. The predicted octanol–water partition coefficient (Wildman–Crippen LogP) is 6.48. The fourth-order valence-electron chi connectivity index (χ4n) is 3.76. The van der Waals surface area contributed by atoms with Crippen molar-refractivity contribution in [1.82, 2.24) is 14.8 Å². The van der Waals surface area contributed by atoms with Crippen molar-refractivity contribution < 1.29 is 9.53 Å². The van der Waals surface area contributed by atoms with E-state index in [1.165, 1.54) is 11.8 Å². The highest BCUT2D eigenvalue weighted by atomic mass is 35.5. The molecule has 0 saturated carbocycles. The van der Waals surface area contributed by atoms with Crippen LogP contribution in [0.1, 0.15) is 0 Å². The van der Waals surface area contributed by atoms with E-state index in [1.54, 1.807) is 7.11 Å². The molecule has 5 aromatic rings. The Labute approximate surface area is 211 Å². The molecule has 4 aromatic carbocycles. The number of halogens is 1. The van der Waals surface area contributed by atoms with E-state index in [1.807, 2.05) is 95.6 Å². The smallest absolute Gasteiger partial charge is 0.234 e. The predicted molar refractivity (Wildman–Crippen MR) is 142 cm³/mol. The van der Waals surface area contributed by atoms with Crippen LogP contribution in [0.25, 0.3) is 27.8 Å². The van der Waals surface area contributed by atoms with Crippen molar-refractivity contribution in [3.05, 3.63) is 96.0 Å². The van der Waals surface area contributed by atoms with Gasteiger partial charge >= 0.3 is 0 Å². The number of amides is 1. The van der Waals surface area contributed by atoms with Gasteiger partial charge in [0, 0.05) is 27.3 Å². The summed E-state index contributed by atoms with van der Waals surface area (Å²) in [7, 11) is 1.63. The molecule has 1 N–H and O–H groups in total. The third kappa shape index (κ3) is 5.01. The number of aromatic nitrogens is 3. The zero-order chi connectivity index (χ0) is 24.2. The normalized spacial score (nSPS) is 10.9. The number of carbonyl (C=O) groups excluding carboxylic acids is 1. The number of benzene rings is 4. The molecule has 1 heterocycles. The highest BCUT2D eigenvalue weighted by Crippen LogP contribution is 2.30. The van der Waals surface area contributed by atoms with Gasteiger partial charge in [0.05, 0.1) is 12.9 Å². The Hall–Kier alpha value is -3.81. The molecule has 1 aromatic heterocycles. The summed E-state index contributed by atoms with van der Waals surface area (Å²) < 4.78 is 7.20. The molecule has 174 valence electrons. The number of ether oxygens (including phenoxy) is 1. The minimum absolute atomic E-state index is 0.122. The second kappa shape index (κ2) is 10.2. The lowest BCUT2D eigenvalue weighted by Gasteiger charge is -2.11. The van der Waals surface area contributed by atoms with Crippen LogP contribution < -0.4 is 10.1 Å². The number of hydrogen-bond donors (Lipinski definition) is 1. The molecule has 0 aliphatic carbocycles. The molecule has 8 heteroatoms. The lowest BCUT2D eigenvalue weighted by Crippen LogP contribution is -2.14. The third-order valence-electron chi connectivity index (χ3n) is 5.46. The van der Waals surface area contributed by atoms with Gasteiger partial charge in [0.15, 0.2) is 11.0 Å². The molecule has 0 radical (unpaired) electrons. The number of carbonyl (C=O) groups is 1. The van der Waals surface area contributed by atoms with E-state index in [2.05, 4.69) is 15.5 Å². The molecule has 0 saturated heterocycles. The highest BCUT2D eigenvalue weighted by Gasteiger charge is 2.18. The van der Waals surface area contributed by atoms with Crippen LogP contribution in [0, 0.1) is 0 Å². The SMILES string of the molecule is COc1ccc(-c2nnc(SCC(=O)Nc3cccc4ccccc34)n2-c2ccc(Cl)cc2)cc1. The topological polar surface area (TPSA) is 69.0 Å². The van der Waals surface area contributed by atoms with Crippen molar-refractivity contribution in [3.8, 4) is 22.8 Å². The average molecular weight is 501 g/mol. The molecule has 0 aliphatic rings. The molecular weight excluding hydrogens is 480 g/mol. The fraction of sp³-hybridized carbons (Fsp3) is 0.0741. The average Bonchev–Trinajstić information content (AvgIpc) is 3.32. The van der Waals surface area contributed by atoms with Crippen molar-refractivity contribution in [2.45, 2.75) is 5.16 Å². The van der Waals surface area contributed by atoms with E-state index >= 15 is 0 Å². The first-order valence-electron chi connectivity index (χ1n) is 10.9. The number of hydrogen-bond acceptors (Lipinski definition) is 5. The summed E-state index contributed by atoms with van der Waals surface area (Å²) in [6, 6.07) is 28.9. The van der Waals surface area contributed by atoms with Gasteiger partial charge in [-0.05, 0) is 60.0 Å². The van der Waals surface area contributed by atoms with Crippen molar-refractivity contribution in [2.75, 3.05) is 18.2 Å². The van der Waals surface area contributed by atoms with Crippen LogP contribution in [0.5, 0.6) is 5.75 Å². The monoisotopic (exact) mass is 500 g/mol. The first-order chi connectivity index (χ1) is 17.1. The summed E-state index contributed by atoms with van der Waals surface area (Å²) in [5.41, 5.74) is 2.51. The van der Waals surface area contributed by atoms with Crippen molar-refractivity contribution in [1.29, 1.82) is 0 Å². The Bertz CT molecular complexity index is 1480. The zero-order valence-electron chi connectivity index (χ0n) is 18.8. The van der Waals surface area contributed by atoms with Gasteiger partial charge in [0.1, 0.15) is 5.75 Å².